The summed E-state index contributed by atoms with van der Waals surface area (Å²) in [5.74, 6) is -0.444. The first kappa shape index (κ1) is 24.8. The fraction of sp³-hybridized carbons (Fsp3) is 0.172. The Hall–Kier alpha value is -3.53. The predicted molar refractivity (Wildman–Crippen MR) is 147 cm³/mol. The second kappa shape index (κ2) is 9.98. The van der Waals surface area contributed by atoms with Gasteiger partial charge in [0.2, 0.25) is 0 Å². The van der Waals surface area contributed by atoms with Crippen molar-refractivity contribution in [1.82, 2.24) is 9.88 Å². The highest BCUT2D eigenvalue weighted by molar-refractivity contribution is 7.23. The molecule has 0 spiro atoms. The van der Waals surface area contributed by atoms with Crippen LogP contribution in [0.4, 0.5) is 18.2 Å². The van der Waals surface area contributed by atoms with Gasteiger partial charge in [-0.1, -0.05) is 42.5 Å². The Bertz CT molecular complexity index is 1580. The Balaban J connectivity index is 1.34. The molecular formula is C29H22F3N3OS2. The van der Waals surface area contributed by atoms with Gasteiger partial charge in [-0.15, -0.1) is 22.7 Å². The van der Waals surface area contributed by atoms with Crippen LogP contribution in [0.2, 0.25) is 0 Å². The molecule has 2 aromatic heterocycles. The van der Waals surface area contributed by atoms with E-state index in [1.54, 1.807) is 11.3 Å². The molecule has 0 radical (unpaired) electrons. The minimum Gasteiger partial charge on any atom is -0.313 e. The van der Waals surface area contributed by atoms with Crippen molar-refractivity contribution >= 4 is 43.8 Å². The zero-order valence-electron chi connectivity index (χ0n) is 20.1. The normalized spacial score (nSPS) is 14.0. The average Bonchev–Trinajstić information content (AvgIpc) is 3.49. The van der Waals surface area contributed by atoms with Crippen LogP contribution in [0.1, 0.15) is 31.9 Å². The molecule has 1 aliphatic rings. The van der Waals surface area contributed by atoms with E-state index in [9.17, 15) is 18.0 Å². The number of thiazole rings is 1. The number of thiophene rings is 1. The van der Waals surface area contributed by atoms with Crippen LogP contribution in [0.25, 0.3) is 20.8 Å². The number of carbonyl (C=O) groups is 1. The number of aromatic nitrogens is 1. The van der Waals surface area contributed by atoms with Gasteiger partial charge in [-0.05, 0) is 53.9 Å². The molecule has 1 aliphatic heterocycles. The first-order chi connectivity index (χ1) is 18.3. The summed E-state index contributed by atoms with van der Waals surface area (Å²) in [7, 11) is 0. The lowest BCUT2D eigenvalue weighted by molar-refractivity contribution is -0.137. The maximum atomic E-state index is 13.1. The third-order valence-electron chi connectivity index (χ3n) is 6.59. The van der Waals surface area contributed by atoms with E-state index >= 15 is 0 Å². The molecule has 3 heterocycles. The molecule has 192 valence electrons. The van der Waals surface area contributed by atoms with Gasteiger partial charge in [-0.2, -0.15) is 13.2 Å². The van der Waals surface area contributed by atoms with Crippen molar-refractivity contribution in [2.75, 3.05) is 11.9 Å². The van der Waals surface area contributed by atoms with Crippen molar-refractivity contribution in [2.45, 2.75) is 25.7 Å². The zero-order chi connectivity index (χ0) is 26.3. The summed E-state index contributed by atoms with van der Waals surface area (Å²) >= 11 is 3.10. The van der Waals surface area contributed by atoms with Gasteiger partial charge in [-0.3, -0.25) is 9.69 Å². The summed E-state index contributed by atoms with van der Waals surface area (Å²) in [6.45, 7) is 2.47. The standard InChI is InChI=1S/C29H22F3N3OS2/c30-29(31,32)20-12-10-19(11-13-20)26(36)34-28-25(27-33-22-8-4-5-9-23(22)37-27)21-14-15-35(17-24(21)38-28)16-18-6-2-1-3-7-18/h1-13H,14-17H2,(H,34,36). The molecule has 0 unspecified atom stereocenters. The minimum atomic E-state index is -4.45. The van der Waals surface area contributed by atoms with E-state index < -0.39 is 17.6 Å². The first-order valence-corrected chi connectivity index (χ1v) is 13.7. The number of halogens is 3. The topological polar surface area (TPSA) is 45.2 Å². The quantitative estimate of drug-likeness (QED) is 0.243. The Labute approximate surface area is 225 Å². The molecule has 0 saturated heterocycles. The van der Waals surface area contributed by atoms with Crippen LogP contribution in [0.5, 0.6) is 0 Å². The lowest BCUT2D eigenvalue weighted by atomic mass is 10.0. The molecule has 0 saturated carbocycles. The number of hydrogen-bond acceptors (Lipinski definition) is 5. The smallest absolute Gasteiger partial charge is 0.313 e. The number of fused-ring (bicyclic) bond motifs is 2. The fourth-order valence-corrected chi connectivity index (χ4v) is 7.11. The Morgan fingerprint density at radius 3 is 2.42 bits per heavy atom. The van der Waals surface area contributed by atoms with Gasteiger partial charge in [-0.25, -0.2) is 4.98 Å². The fourth-order valence-electron chi connectivity index (χ4n) is 4.71. The molecule has 38 heavy (non-hydrogen) atoms. The van der Waals surface area contributed by atoms with E-state index in [0.717, 1.165) is 59.0 Å². The molecule has 1 N–H and O–H groups in total. The molecule has 0 atom stereocenters. The van der Waals surface area contributed by atoms with Crippen molar-refractivity contribution in [3.05, 3.63) is 106 Å². The van der Waals surface area contributed by atoms with Crippen LogP contribution in [-0.4, -0.2) is 22.3 Å². The molecule has 3 aromatic carbocycles. The van der Waals surface area contributed by atoms with E-state index in [1.807, 2.05) is 42.5 Å². The van der Waals surface area contributed by atoms with Crippen molar-refractivity contribution in [2.24, 2.45) is 0 Å². The summed E-state index contributed by atoms with van der Waals surface area (Å²) in [6.07, 6.45) is -3.63. The van der Waals surface area contributed by atoms with Gasteiger partial charge in [0.1, 0.15) is 10.0 Å². The first-order valence-electron chi connectivity index (χ1n) is 12.1. The van der Waals surface area contributed by atoms with Crippen molar-refractivity contribution in [3.8, 4) is 10.6 Å². The molecule has 0 aliphatic carbocycles. The summed E-state index contributed by atoms with van der Waals surface area (Å²) in [5, 5.41) is 4.51. The number of nitrogens with zero attached hydrogens (tertiary/aromatic N) is 2. The van der Waals surface area contributed by atoms with Crippen LogP contribution < -0.4 is 5.32 Å². The molecule has 6 rings (SSSR count). The van der Waals surface area contributed by atoms with Crippen LogP contribution in [-0.2, 0) is 25.7 Å². The van der Waals surface area contributed by atoms with Gasteiger partial charge >= 0.3 is 6.18 Å². The van der Waals surface area contributed by atoms with Gasteiger partial charge < -0.3 is 5.32 Å². The molecule has 0 fully saturated rings. The summed E-state index contributed by atoms with van der Waals surface area (Å²) in [5.41, 5.74) is 3.63. The summed E-state index contributed by atoms with van der Waals surface area (Å²) < 4.78 is 40.0. The summed E-state index contributed by atoms with van der Waals surface area (Å²) in [4.78, 5) is 21.6. The Morgan fingerprint density at radius 2 is 1.68 bits per heavy atom. The number of hydrogen-bond donors (Lipinski definition) is 1. The molecule has 9 heteroatoms. The number of carbonyl (C=O) groups excluding carboxylic acids is 1. The predicted octanol–water partition coefficient (Wildman–Crippen LogP) is 7.85. The second-order valence-corrected chi connectivity index (χ2v) is 11.3. The lowest BCUT2D eigenvalue weighted by Gasteiger charge is -2.27. The van der Waals surface area contributed by atoms with Gasteiger partial charge in [0.25, 0.3) is 5.91 Å². The molecule has 1 amide bonds. The maximum Gasteiger partial charge on any atom is 0.416 e. The number of benzene rings is 3. The van der Waals surface area contributed by atoms with Gasteiger partial charge in [0, 0.05) is 35.6 Å². The highest BCUT2D eigenvalue weighted by Crippen LogP contribution is 2.46. The average molecular weight is 550 g/mol. The van der Waals surface area contributed by atoms with Gasteiger partial charge in [0.15, 0.2) is 0 Å². The SMILES string of the molecule is O=C(Nc1sc2c(c1-c1nc3ccccc3s1)CCN(Cc1ccccc1)C2)c1ccc(C(F)(F)F)cc1. The van der Waals surface area contributed by atoms with Crippen molar-refractivity contribution in [3.63, 3.8) is 0 Å². The second-order valence-electron chi connectivity index (χ2n) is 9.17. The Kier molecular flexibility index (Phi) is 6.51. The number of rotatable bonds is 5. The van der Waals surface area contributed by atoms with E-state index in [1.165, 1.54) is 39.5 Å². The van der Waals surface area contributed by atoms with E-state index in [-0.39, 0.29) is 5.56 Å². The van der Waals surface area contributed by atoms with Crippen molar-refractivity contribution < 1.29 is 18.0 Å². The third kappa shape index (κ3) is 4.97. The highest BCUT2D eigenvalue weighted by Gasteiger charge is 2.31. The minimum absolute atomic E-state index is 0.172. The molecule has 4 nitrogen and oxygen atoms in total. The maximum absolute atomic E-state index is 13.1. The van der Waals surface area contributed by atoms with Crippen molar-refractivity contribution in [1.29, 1.82) is 0 Å². The van der Waals surface area contributed by atoms with E-state index in [2.05, 4.69) is 22.3 Å². The number of alkyl halides is 3. The van der Waals surface area contributed by atoms with Crippen LogP contribution in [0, 0.1) is 0 Å². The van der Waals surface area contributed by atoms with E-state index in [4.69, 9.17) is 4.98 Å². The number of anilines is 1. The number of amides is 1. The monoisotopic (exact) mass is 549 g/mol. The summed E-state index contributed by atoms with van der Waals surface area (Å²) in [6, 6.07) is 22.5. The Morgan fingerprint density at radius 1 is 0.947 bits per heavy atom. The number of para-hydroxylation sites is 1. The lowest BCUT2D eigenvalue weighted by Crippen LogP contribution is -2.29. The molecule has 5 aromatic rings. The number of nitrogens with one attached hydrogen (secondary N) is 1. The third-order valence-corrected chi connectivity index (χ3v) is 8.78. The van der Waals surface area contributed by atoms with Crippen LogP contribution >= 0.6 is 22.7 Å². The van der Waals surface area contributed by atoms with Crippen LogP contribution in [0.15, 0.2) is 78.9 Å². The van der Waals surface area contributed by atoms with Gasteiger partial charge in [0.05, 0.1) is 15.8 Å². The molecule has 0 bridgehead atoms. The molecular weight excluding hydrogens is 527 g/mol. The largest absolute Gasteiger partial charge is 0.416 e. The van der Waals surface area contributed by atoms with Crippen LogP contribution in [0.3, 0.4) is 0 Å². The van der Waals surface area contributed by atoms with E-state index in [0.29, 0.717) is 5.00 Å². The zero-order valence-corrected chi connectivity index (χ0v) is 21.7. The highest BCUT2D eigenvalue weighted by atomic mass is 32.1.